The van der Waals surface area contributed by atoms with E-state index in [4.69, 9.17) is 11.6 Å². The topological polar surface area (TPSA) is 91.8 Å². The Morgan fingerprint density at radius 3 is 2.53 bits per heavy atom. The number of benzene rings is 2. The van der Waals surface area contributed by atoms with Crippen LogP contribution in [0.1, 0.15) is 36.8 Å². The minimum atomic E-state index is -0.911. The van der Waals surface area contributed by atoms with Crippen molar-refractivity contribution >= 4 is 40.7 Å². The fraction of sp³-hybridized carbons (Fsp3) is 0.267. The number of imide groups is 1. The number of nitrogens with zero attached hydrogens (tertiary/aromatic N) is 1. The molecule has 0 radical (unpaired) electrons. The summed E-state index contributed by atoms with van der Waals surface area (Å²) in [6.07, 6.45) is 3.45. The maximum Gasteiger partial charge on any atom is 0.238 e. The van der Waals surface area contributed by atoms with E-state index in [0.717, 1.165) is 16.5 Å². The van der Waals surface area contributed by atoms with Gasteiger partial charge in [0.15, 0.2) is 23.1 Å². The van der Waals surface area contributed by atoms with Crippen molar-refractivity contribution in [2.24, 2.45) is 17.8 Å². The smallest absolute Gasteiger partial charge is 0.238 e. The van der Waals surface area contributed by atoms with Crippen LogP contribution < -0.4 is 4.90 Å². The second kappa shape index (κ2) is 8.60. The van der Waals surface area contributed by atoms with Crippen LogP contribution in [0.2, 0.25) is 5.02 Å². The first kappa shape index (κ1) is 24.5. The average Bonchev–Trinajstić information content (AvgIpc) is 3.15. The summed E-state index contributed by atoms with van der Waals surface area (Å²) in [6.45, 7) is 3.37. The van der Waals surface area contributed by atoms with Crippen LogP contribution in [0.15, 0.2) is 70.8 Å². The lowest BCUT2D eigenvalue weighted by molar-refractivity contribution is -0.123. The molecule has 192 valence electrons. The summed E-state index contributed by atoms with van der Waals surface area (Å²) in [7, 11) is 0. The molecule has 4 aliphatic rings. The Labute approximate surface area is 223 Å². The zero-order valence-corrected chi connectivity index (χ0v) is 21.4. The molecule has 0 aromatic heterocycles. The number of hydrogen-bond donors (Lipinski definition) is 1. The number of ketones is 2. The van der Waals surface area contributed by atoms with Crippen LogP contribution in [0.3, 0.4) is 0 Å². The van der Waals surface area contributed by atoms with Crippen molar-refractivity contribution in [1.29, 1.82) is 0 Å². The summed E-state index contributed by atoms with van der Waals surface area (Å²) < 4.78 is 14.5. The molecule has 8 heteroatoms. The number of aromatic hydroxyl groups is 1. The SMILES string of the molecule is CC1=CC(=O)C2=C(C1=O)[C@@H](c1cccc(F)c1O)C1=CC[C@@H]3C(=O)N(c4ccc(C)c(Cl)c4)C(=O)[C@@H]3[C@@H]1C2. The number of anilines is 1. The summed E-state index contributed by atoms with van der Waals surface area (Å²) >= 11 is 6.29. The molecule has 4 atom stereocenters. The highest BCUT2D eigenvalue weighted by Crippen LogP contribution is 2.56. The van der Waals surface area contributed by atoms with Crippen LogP contribution >= 0.6 is 11.6 Å². The number of rotatable bonds is 2. The molecule has 0 saturated carbocycles. The number of amides is 2. The summed E-state index contributed by atoms with van der Waals surface area (Å²) in [5.41, 5.74) is 2.70. The van der Waals surface area contributed by atoms with Crippen molar-refractivity contribution < 1.29 is 28.7 Å². The fourth-order valence-electron chi connectivity index (χ4n) is 6.46. The highest BCUT2D eigenvalue weighted by molar-refractivity contribution is 6.32. The number of carbonyl (C=O) groups is 4. The van der Waals surface area contributed by atoms with Gasteiger partial charge in [-0.1, -0.05) is 41.4 Å². The van der Waals surface area contributed by atoms with E-state index in [1.165, 1.54) is 18.2 Å². The minimum Gasteiger partial charge on any atom is -0.505 e. The van der Waals surface area contributed by atoms with Crippen molar-refractivity contribution in [3.63, 3.8) is 0 Å². The van der Waals surface area contributed by atoms with Gasteiger partial charge in [0, 0.05) is 33.2 Å². The molecule has 1 heterocycles. The molecule has 3 aliphatic carbocycles. The van der Waals surface area contributed by atoms with Crippen molar-refractivity contribution in [1.82, 2.24) is 0 Å². The van der Waals surface area contributed by atoms with Gasteiger partial charge in [-0.25, -0.2) is 9.29 Å². The van der Waals surface area contributed by atoms with E-state index in [9.17, 15) is 28.7 Å². The minimum absolute atomic E-state index is 0.102. The van der Waals surface area contributed by atoms with E-state index in [0.29, 0.717) is 16.3 Å². The van der Waals surface area contributed by atoms with E-state index in [1.54, 1.807) is 25.1 Å². The number of allylic oxidation sites excluding steroid dienone is 6. The van der Waals surface area contributed by atoms with E-state index in [-0.39, 0.29) is 52.6 Å². The highest BCUT2D eigenvalue weighted by Gasteiger charge is 2.56. The zero-order chi connectivity index (χ0) is 27.0. The van der Waals surface area contributed by atoms with Crippen LogP contribution in [0, 0.1) is 30.5 Å². The van der Waals surface area contributed by atoms with Gasteiger partial charge in [0.2, 0.25) is 11.8 Å². The molecule has 1 aliphatic heterocycles. The lowest BCUT2D eigenvalue weighted by Gasteiger charge is -2.42. The van der Waals surface area contributed by atoms with Gasteiger partial charge in [0.1, 0.15) is 0 Å². The second-order valence-corrected chi connectivity index (χ2v) is 10.8. The Morgan fingerprint density at radius 1 is 1.03 bits per heavy atom. The van der Waals surface area contributed by atoms with E-state index in [1.807, 2.05) is 13.0 Å². The number of para-hydroxylation sites is 1. The Balaban J connectivity index is 1.50. The van der Waals surface area contributed by atoms with Crippen molar-refractivity contribution in [2.75, 3.05) is 4.90 Å². The third kappa shape index (κ3) is 3.38. The quantitative estimate of drug-likeness (QED) is 0.330. The molecule has 1 fully saturated rings. The molecule has 38 heavy (non-hydrogen) atoms. The number of Topliss-reactive ketones (excluding diaryl/α,β-unsaturated/α-hetero) is 1. The van der Waals surface area contributed by atoms with Gasteiger partial charge in [-0.15, -0.1) is 0 Å². The molecule has 1 N–H and O–H groups in total. The van der Waals surface area contributed by atoms with Crippen LogP contribution in [-0.2, 0) is 19.2 Å². The molecule has 6 rings (SSSR count). The molecule has 2 aromatic rings. The van der Waals surface area contributed by atoms with Crippen LogP contribution in [0.4, 0.5) is 10.1 Å². The van der Waals surface area contributed by atoms with Crippen molar-refractivity contribution in [3.8, 4) is 5.75 Å². The zero-order valence-electron chi connectivity index (χ0n) is 20.6. The maximum atomic E-state index is 14.5. The predicted octanol–water partition coefficient (Wildman–Crippen LogP) is 5.13. The van der Waals surface area contributed by atoms with Crippen LogP contribution in [0.25, 0.3) is 0 Å². The Morgan fingerprint density at radius 2 is 1.79 bits per heavy atom. The number of phenolic OH excluding ortho intramolecular Hbond substituents is 1. The largest absolute Gasteiger partial charge is 0.505 e. The number of aryl methyl sites for hydroxylation is 1. The number of fused-ring (bicyclic) bond motifs is 3. The molecule has 2 amide bonds. The molecule has 2 aromatic carbocycles. The summed E-state index contributed by atoms with van der Waals surface area (Å²) in [4.78, 5) is 55.1. The lowest BCUT2D eigenvalue weighted by Crippen LogP contribution is -2.39. The molecule has 0 spiro atoms. The van der Waals surface area contributed by atoms with Crippen LogP contribution in [0.5, 0.6) is 5.75 Å². The molecular formula is C30H23ClFNO5. The van der Waals surface area contributed by atoms with Gasteiger partial charge < -0.3 is 5.11 Å². The molecule has 0 bridgehead atoms. The summed E-state index contributed by atoms with van der Waals surface area (Å²) in [5.74, 6) is -5.81. The summed E-state index contributed by atoms with van der Waals surface area (Å²) in [5, 5.41) is 11.1. The number of hydrogen-bond acceptors (Lipinski definition) is 5. The van der Waals surface area contributed by atoms with E-state index >= 15 is 0 Å². The Kier molecular flexibility index (Phi) is 5.54. The molecule has 0 unspecified atom stereocenters. The Bertz CT molecular complexity index is 1580. The first-order valence-electron chi connectivity index (χ1n) is 12.4. The normalized spacial score (nSPS) is 26.7. The van der Waals surface area contributed by atoms with Crippen molar-refractivity contribution in [3.05, 3.63) is 92.8 Å². The third-order valence-corrected chi connectivity index (χ3v) is 8.71. The van der Waals surface area contributed by atoms with Gasteiger partial charge in [0.25, 0.3) is 0 Å². The first-order chi connectivity index (χ1) is 18.1. The Hall–Kier alpha value is -3.84. The third-order valence-electron chi connectivity index (χ3n) is 8.31. The number of halogens is 2. The second-order valence-electron chi connectivity index (χ2n) is 10.4. The average molecular weight is 532 g/mol. The molecule has 6 nitrogen and oxygen atoms in total. The number of carbonyl (C=O) groups excluding carboxylic acids is 4. The maximum absolute atomic E-state index is 14.5. The standard InChI is InChI=1S/C30H23ClFNO5/c1-13-6-7-15(11-21(13)31)33-29(37)18-9-8-16-19(25(18)30(33)38)12-20-23(34)10-14(2)27(35)26(20)24(16)17-4-3-5-22(32)28(17)36/h3-8,10-11,18-19,24-25,36H,9,12H2,1-2H3/t18-,19+,24+,25-/m0/s1. The van der Waals surface area contributed by atoms with Gasteiger partial charge in [-0.05, 0) is 62.4 Å². The van der Waals surface area contributed by atoms with E-state index < -0.39 is 41.1 Å². The van der Waals surface area contributed by atoms with Crippen molar-refractivity contribution in [2.45, 2.75) is 32.6 Å². The van der Waals surface area contributed by atoms with E-state index in [2.05, 4.69) is 0 Å². The highest BCUT2D eigenvalue weighted by atomic mass is 35.5. The van der Waals surface area contributed by atoms with Gasteiger partial charge >= 0.3 is 0 Å². The number of phenols is 1. The monoisotopic (exact) mass is 531 g/mol. The van der Waals surface area contributed by atoms with Gasteiger partial charge in [0.05, 0.1) is 17.5 Å². The van der Waals surface area contributed by atoms with Gasteiger partial charge in [-0.3, -0.25) is 19.2 Å². The molecule has 1 saturated heterocycles. The predicted molar refractivity (Wildman–Crippen MR) is 138 cm³/mol. The fourth-order valence-corrected chi connectivity index (χ4v) is 6.63. The van der Waals surface area contributed by atoms with Gasteiger partial charge in [-0.2, -0.15) is 0 Å². The summed E-state index contributed by atoms with van der Waals surface area (Å²) in [6, 6.07) is 9.08. The van der Waals surface area contributed by atoms with Crippen LogP contribution in [-0.4, -0.2) is 28.5 Å². The molecular weight excluding hydrogens is 509 g/mol. The first-order valence-corrected chi connectivity index (χ1v) is 12.8. The lowest BCUT2D eigenvalue weighted by atomic mass is 9.59.